The molecule has 2 aromatic heterocycles. The number of nitrogens with zero attached hydrogens (tertiary/aromatic N) is 1. The standard InChI is InChI=1S/C34H21NO2/c1-3-12-22(13-4-1)35(23-14-5-2-6-15-23)28-20-11-19-27-31-33(37-32(27)28)25-17-8-7-16-24(25)30-26-18-9-10-21-29(26)36-34(30)31/h1-21H. The molecule has 174 valence electrons. The number of rotatable bonds is 3. The molecule has 0 fully saturated rings. The highest BCUT2D eigenvalue weighted by Gasteiger charge is 2.24. The Morgan fingerprint density at radius 1 is 0.378 bits per heavy atom. The quantitative estimate of drug-likeness (QED) is 0.255. The molecule has 3 heteroatoms. The minimum Gasteiger partial charge on any atom is -0.455 e. The van der Waals surface area contributed by atoms with E-state index in [1.165, 1.54) is 0 Å². The van der Waals surface area contributed by atoms with Crippen molar-refractivity contribution in [1.82, 2.24) is 0 Å². The number of fused-ring (bicyclic) bond motifs is 10. The lowest BCUT2D eigenvalue weighted by atomic mass is 9.99. The molecule has 0 bridgehead atoms. The Morgan fingerprint density at radius 2 is 0.973 bits per heavy atom. The van der Waals surface area contributed by atoms with Crippen molar-refractivity contribution >= 4 is 71.7 Å². The van der Waals surface area contributed by atoms with E-state index in [1.54, 1.807) is 0 Å². The highest BCUT2D eigenvalue weighted by molar-refractivity contribution is 6.34. The van der Waals surface area contributed by atoms with Crippen molar-refractivity contribution in [2.75, 3.05) is 4.90 Å². The highest BCUT2D eigenvalue weighted by atomic mass is 16.3. The first-order chi connectivity index (χ1) is 18.4. The second-order valence-electron chi connectivity index (χ2n) is 9.31. The van der Waals surface area contributed by atoms with E-state index in [2.05, 4.69) is 108 Å². The minimum atomic E-state index is 0.836. The number of anilines is 3. The van der Waals surface area contributed by atoms with E-state index in [4.69, 9.17) is 8.83 Å². The van der Waals surface area contributed by atoms with Crippen LogP contribution in [0.1, 0.15) is 0 Å². The van der Waals surface area contributed by atoms with E-state index in [9.17, 15) is 0 Å². The average Bonchev–Trinajstić information content (AvgIpc) is 3.54. The Hall–Kier alpha value is -5.02. The van der Waals surface area contributed by atoms with Crippen LogP contribution in [-0.2, 0) is 0 Å². The molecule has 6 aromatic carbocycles. The van der Waals surface area contributed by atoms with Crippen molar-refractivity contribution in [2.45, 2.75) is 0 Å². The fraction of sp³-hybridized carbons (Fsp3) is 0. The number of hydrogen-bond acceptors (Lipinski definition) is 3. The highest BCUT2D eigenvalue weighted by Crippen LogP contribution is 2.47. The topological polar surface area (TPSA) is 29.5 Å². The van der Waals surface area contributed by atoms with Gasteiger partial charge in [0.1, 0.15) is 16.7 Å². The Balaban J connectivity index is 1.55. The van der Waals surface area contributed by atoms with E-state index >= 15 is 0 Å². The van der Waals surface area contributed by atoms with Crippen LogP contribution in [0.3, 0.4) is 0 Å². The molecule has 0 N–H and O–H groups in total. The molecule has 0 aliphatic heterocycles. The molecule has 0 spiro atoms. The van der Waals surface area contributed by atoms with Gasteiger partial charge in [-0.3, -0.25) is 0 Å². The van der Waals surface area contributed by atoms with Crippen molar-refractivity contribution < 1.29 is 8.83 Å². The molecule has 2 heterocycles. The normalized spacial score (nSPS) is 11.8. The van der Waals surface area contributed by atoms with Gasteiger partial charge >= 0.3 is 0 Å². The van der Waals surface area contributed by atoms with Gasteiger partial charge in [-0.2, -0.15) is 0 Å². The first-order valence-corrected chi connectivity index (χ1v) is 12.5. The maximum absolute atomic E-state index is 6.82. The van der Waals surface area contributed by atoms with E-state index in [-0.39, 0.29) is 0 Å². The van der Waals surface area contributed by atoms with Crippen LogP contribution < -0.4 is 4.90 Å². The van der Waals surface area contributed by atoms with Crippen LogP contribution in [0.2, 0.25) is 0 Å². The molecule has 0 saturated carbocycles. The van der Waals surface area contributed by atoms with Crippen molar-refractivity contribution in [3.63, 3.8) is 0 Å². The summed E-state index contributed by atoms with van der Waals surface area (Å²) in [7, 11) is 0. The van der Waals surface area contributed by atoms with Crippen LogP contribution in [-0.4, -0.2) is 0 Å². The van der Waals surface area contributed by atoms with Crippen molar-refractivity contribution in [2.24, 2.45) is 0 Å². The Bertz CT molecular complexity index is 2050. The summed E-state index contributed by atoms with van der Waals surface area (Å²) in [5, 5.41) is 6.54. The molecule has 0 amide bonds. The van der Waals surface area contributed by atoms with Crippen LogP contribution >= 0.6 is 0 Å². The summed E-state index contributed by atoms with van der Waals surface area (Å²) in [6.07, 6.45) is 0. The Kier molecular flexibility index (Phi) is 4.23. The number of benzene rings is 6. The lowest BCUT2D eigenvalue weighted by molar-refractivity contribution is 0.665. The van der Waals surface area contributed by atoms with E-state index in [0.717, 1.165) is 71.7 Å². The molecule has 0 radical (unpaired) electrons. The third-order valence-corrected chi connectivity index (χ3v) is 7.23. The molecule has 0 aliphatic rings. The van der Waals surface area contributed by atoms with E-state index < -0.39 is 0 Å². The number of hydrogen-bond donors (Lipinski definition) is 0. The molecule has 0 atom stereocenters. The van der Waals surface area contributed by atoms with Crippen molar-refractivity contribution in [3.8, 4) is 0 Å². The fourth-order valence-corrected chi connectivity index (χ4v) is 5.66. The molecule has 3 nitrogen and oxygen atoms in total. The van der Waals surface area contributed by atoms with Crippen molar-refractivity contribution in [3.05, 3.63) is 127 Å². The average molecular weight is 476 g/mol. The first kappa shape index (κ1) is 20.2. The van der Waals surface area contributed by atoms with Crippen LogP contribution in [0.5, 0.6) is 0 Å². The maximum atomic E-state index is 6.82. The number of furan rings is 2. The third-order valence-electron chi connectivity index (χ3n) is 7.23. The Morgan fingerprint density at radius 3 is 1.70 bits per heavy atom. The summed E-state index contributed by atoms with van der Waals surface area (Å²) in [6.45, 7) is 0. The van der Waals surface area contributed by atoms with Gasteiger partial charge in [-0.15, -0.1) is 0 Å². The van der Waals surface area contributed by atoms with Crippen LogP contribution in [0, 0.1) is 0 Å². The molecule has 0 unspecified atom stereocenters. The van der Waals surface area contributed by atoms with Gasteiger partial charge < -0.3 is 13.7 Å². The summed E-state index contributed by atoms with van der Waals surface area (Å²) in [4.78, 5) is 2.25. The zero-order chi connectivity index (χ0) is 24.3. The molecular weight excluding hydrogens is 454 g/mol. The van der Waals surface area contributed by atoms with Crippen LogP contribution in [0.25, 0.3) is 54.6 Å². The summed E-state index contributed by atoms with van der Waals surface area (Å²) in [5.74, 6) is 0. The van der Waals surface area contributed by atoms with Crippen LogP contribution in [0.15, 0.2) is 136 Å². The maximum Gasteiger partial charge on any atom is 0.159 e. The van der Waals surface area contributed by atoms with Gasteiger partial charge in [0.2, 0.25) is 0 Å². The molecule has 0 saturated heterocycles. The third kappa shape index (κ3) is 2.88. The van der Waals surface area contributed by atoms with Gasteiger partial charge in [0.15, 0.2) is 5.58 Å². The van der Waals surface area contributed by atoms with E-state index in [0.29, 0.717) is 0 Å². The van der Waals surface area contributed by atoms with Gasteiger partial charge in [-0.05, 0) is 41.8 Å². The zero-order valence-corrected chi connectivity index (χ0v) is 19.9. The SMILES string of the molecule is c1ccc(N(c2ccccc2)c2cccc3c2oc2c4ccccc4c4c5ccccc5oc4c32)cc1. The van der Waals surface area contributed by atoms with Gasteiger partial charge in [0.25, 0.3) is 0 Å². The lowest BCUT2D eigenvalue weighted by Crippen LogP contribution is -2.09. The van der Waals surface area contributed by atoms with Crippen molar-refractivity contribution in [1.29, 1.82) is 0 Å². The predicted octanol–water partition coefficient (Wildman–Crippen LogP) is 10.1. The van der Waals surface area contributed by atoms with Gasteiger partial charge in [0.05, 0.1) is 11.1 Å². The van der Waals surface area contributed by atoms with Gasteiger partial charge in [0, 0.05) is 32.9 Å². The second kappa shape index (κ2) is 7.74. The van der Waals surface area contributed by atoms with E-state index in [1.807, 2.05) is 24.3 Å². The zero-order valence-electron chi connectivity index (χ0n) is 19.9. The van der Waals surface area contributed by atoms with Gasteiger partial charge in [-0.1, -0.05) is 91.0 Å². The molecule has 8 aromatic rings. The van der Waals surface area contributed by atoms with Crippen LogP contribution in [0.4, 0.5) is 17.1 Å². The molecular formula is C34H21NO2. The minimum absolute atomic E-state index is 0.836. The summed E-state index contributed by atoms with van der Waals surface area (Å²) < 4.78 is 13.4. The number of para-hydroxylation sites is 4. The monoisotopic (exact) mass is 475 g/mol. The molecule has 37 heavy (non-hydrogen) atoms. The Labute approximate surface area is 212 Å². The lowest BCUT2D eigenvalue weighted by Gasteiger charge is -2.25. The molecule has 8 rings (SSSR count). The smallest absolute Gasteiger partial charge is 0.159 e. The summed E-state index contributed by atoms with van der Waals surface area (Å²) in [6, 6.07) is 43.9. The fourth-order valence-electron chi connectivity index (χ4n) is 5.66. The largest absolute Gasteiger partial charge is 0.455 e. The first-order valence-electron chi connectivity index (χ1n) is 12.5. The summed E-state index contributed by atoms with van der Waals surface area (Å²) >= 11 is 0. The van der Waals surface area contributed by atoms with Gasteiger partial charge in [-0.25, -0.2) is 0 Å². The second-order valence-corrected chi connectivity index (χ2v) is 9.31. The summed E-state index contributed by atoms with van der Waals surface area (Å²) in [5.41, 5.74) is 6.57. The molecule has 0 aliphatic carbocycles. The predicted molar refractivity (Wildman–Crippen MR) is 153 cm³/mol.